The summed E-state index contributed by atoms with van der Waals surface area (Å²) in [7, 11) is 0. The maximum Gasteiger partial charge on any atom is 0.251 e. The Hall–Kier alpha value is -0.710. The molecule has 0 spiro atoms. The van der Waals surface area contributed by atoms with Crippen LogP contribution in [0.2, 0.25) is 0 Å². The zero-order valence-corrected chi connectivity index (χ0v) is 8.14. The monoisotopic (exact) mass is 206 g/mol. The van der Waals surface area contributed by atoms with Crippen molar-refractivity contribution >= 4 is 5.91 Å². The Morgan fingerprint density at radius 2 is 1.93 bits per heavy atom. The van der Waals surface area contributed by atoms with Crippen molar-refractivity contribution in [1.82, 2.24) is 4.90 Å². The summed E-state index contributed by atoms with van der Waals surface area (Å²) in [4.78, 5) is 12.9. The van der Waals surface area contributed by atoms with Crippen LogP contribution in [0.15, 0.2) is 0 Å². The van der Waals surface area contributed by atoms with E-state index in [-0.39, 0.29) is 31.8 Å². The molecule has 0 radical (unpaired) electrons. The Kier molecular flexibility index (Phi) is 3.80. The lowest BCUT2D eigenvalue weighted by atomic mass is 10.1. The first-order chi connectivity index (χ1) is 6.55. The maximum atomic E-state index is 12.7. The molecule has 0 atom stereocenters. The molecule has 1 aliphatic rings. The van der Waals surface area contributed by atoms with Crippen LogP contribution < -0.4 is 5.73 Å². The molecule has 0 aromatic rings. The Morgan fingerprint density at radius 3 is 2.43 bits per heavy atom. The van der Waals surface area contributed by atoms with Crippen LogP contribution in [-0.2, 0) is 4.79 Å². The van der Waals surface area contributed by atoms with Gasteiger partial charge in [-0.3, -0.25) is 4.79 Å². The van der Waals surface area contributed by atoms with Crippen molar-refractivity contribution in [2.45, 2.75) is 31.6 Å². The number of halogens is 2. The fraction of sp³-hybridized carbons (Fsp3) is 0.889. The first-order valence-corrected chi connectivity index (χ1v) is 4.91. The lowest BCUT2D eigenvalue weighted by Gasteiger charge is -2.31. The van der Waals surface area contributed by atoms with Crippen molar-refractivity contribution in [3.05, 3.63) is 0 Å². The summed E-state index contributed by atoms with van der Waals surface area (Å²) in [5, 5.41) is 0. The van der Waals surface area contributed by atoms with Crippen molar-refractivity contribution < 1.29 is 13.6 Å². The molecule has 1 saturated heterocycles. The lowest BCUT2D eigenvalue weighted by Crippen LogP contribution is -2.42. The highest BCUT2D eigenvalue weighted by atomic mass is 19.3. The Balaban J connectivity index is 2.30. The molecule has 1 aliphatic heterocycles. The van der Waals surface area contributed by atoms with Gasteiger partial charge in [-0.2, -0.15) is 0 Å². The zero-order valence-electron chi connectivity index (χ0n) is 8.14. The third-order valence-corrected chi connectivity index (χ3v) is 2.44. The van der Waals surface area contributed by atoms with Crippen molar-refractivity contribution in [1.29, 1.82) is 0 Å². The second-order valence-corrected chi connectivity index (χ2v) is 3.63. The average Bonchev–Trinajstić information content (AvgIpc) is 2.14. The van der Waals surface area contributed by atoms with E-state index in [1.54, 1.807) is 0 Å². The summed E-state index contributed by atoms with van der Waals surface area (Å²) in [5.74, 6) is -2.63. The van der Waals surface area contributed by atoms with Crippen molar-refractivity contribution in [3.8, 4) is 0 Å². The van der Waals surface area contributed by atoms with E-state index in [9.17, 15) is 13.6 Å². The normalized spacial score (nSPS) is 20.9. The first-order valence-electron chi connectivity index (χ1n) is 4.91. The van der Waals surface area contributed by atoms with Crippen LogP contribution in [0.3, 0.4) is 0 Å². The standard InChI is InChI=1S/C9H16F2N2O/c10-9(11)3-6-13(7-4-9)8(14)2-1-5-12/h1-7,12H2. The molecule has 0 unspecified atom stereocenters. The lowest BCUT2D eigenvalue weighted by molar-refractivity contribution is -0.137. The third kappa shape index (κ3) is 3.21. The summed E-state index contributed by atoms with van der Waals surface area (Å²) in [6, 6.07) is 0. The number of likely N-dealkylation sites (tertiary alicyclic amines) is 1. The summed E-state index contributed by atoms with van der Waals surface area (Å²) in [5.41, 5.74) is 5.26. The number of rotatable bonds is 3. The molecule has 1 rings (SSSR count). The molecule has 0 aliphatic carbocycles. The van der Waals surface area contributed by atoms with E-state index >= 15 is 0 Å². The molecule has 0 bridgehead atoms. The zero-order chi connectivity index (χ0) is 10.6. The smallest absolute Gasteiger partial charge is 0.251 e. The highest BCUT2D eigenvalue weighted by Gasteiger charge is 2.35. The second kappa shape index (κ2) is 4.68. The third-order valence-electron chi connectivity index (χ3n) is 2.44. The van der Waals surface area contributed by atoms with Crippen LogP contribution >= 0.6 is 0 Å². The molecule has 5 heteroatoms. The number of carbonyl (C=O) groups excluding carboxylic acids is 1. The Labute approximate surface area is 82.2 Å². The number of nitrogens with two attached hydrogens (primary N) is 1. The quantitative estimate of drug-likeness (QED) is 0.748. The van der Waals surface area contributed by atoms with E-state index in [1.807, 2.05) is 0 Å². The summed E-state index contributed by atoms with van der Waals surface area (Å²) >= 11 is 0. The fourth-order valence-corrected chi connectivity index (χ4v) is 1.49. The van der Waals surface area contributed by atoms with E-state index in [2.05, 4.69) is 0 Å². The maximum absolute atomic E-state index is 12.7. The first kappa shape index (κ1) is 11.4. The van der Waals surface area contributed by atoms with Crippen molar-refractivity contribution in [3.63, 3.8) is 0 Å². The van der Waals surface area contributed by atoms with Gasteiger partial charge in [-0.05, 0) is 13.0 Å². The van der Waals surface area contributed by atoms with Crippen LogP contribution in [0, 0.1) is 0 Å². The molecule has 1 fully saturated rings. The highest BCUT2D eigenvalue weighted by Crippen LogP contribution is 2.27. The van der Waals surface area contributed by atoms with Crippen LogP contribution in [-0.4, -0.2) is 36.4 Å². The second-order valence-electron chi connectivity index (χ2n) is 3.63. The molecule has 0 aromatic heterocycles. The van der Waals surface area contributed by atoms with Gasteiger partial charge < -0.3 is 10.6 Å². The van der Waals surface area contributed by atoms with Gasteiger partial charge in [-0.1, -0.05) is 0 Å². The molecule has 1 amide bonds. The minimum atomic E-state index is -2.58. The van der Waals surface area contributed by atoms with Gasteiger partial charge in [0.05, 0.1) is 0 Å². The molecule has 82 valence electrons. The SMILES string of the molecule is NCCCC(=O)N1CCC(F)(F)CC1. The average molecular weight is 206 g/mol. The number of piperidine rings is 1. The van der Waals surface area contributed by atoms with Gasteiger partial charge in [0.1, 0.15) is 0 Å². The summed E-state index contributed by atoms with van der Waals surface area (Å²) in [6.45, 7) is 0.822. The fourth-order valence-electron chi connectivity index (χ4n) is 1.49. The van der Waals surface area contributed by atoms with E-state index in [1.165, 1.54) is 4.90 Å². The topological polar surface area (TPSA) is 46.3 Å². The van der Waals surface area contributed by atoms with Gasteiger partial charge in [-0.25, -0.2) is 8.78 Å². The molecule has 0 aromatic carbocycles. The number of nitrogens with zero attached hydrogens (tertiary/aromatic N) is 1. The van der Waals surface area contributed by atoms with E-state index in [0.29, 0.717) is 19.4 Å². The van der Waals surface area contributed by atoms with Gasteiger partial charge in [0.25, 0.3) is 5.92 Å². The highest BCUT2D eigenvalue weighted by molar-refractivity contribution is 5.76. The molecule has 3 nitrogen and oxygen atoms in total. The number of hydrogen-bond donors (Lipinski definition) is 1. The van der Waals surface area contributed by atoms with E-state index in [4.69, 9.17) is 5.73 Å². The molecular formula is C9H16F2N2O. The van der Waals surface area contributed by atoms with Gasteiger partial charge in [0.2, 0.25) is 5.91 Å². The largest absolute Gasteiger partial charge is 0.342 e. The van der Waals surface area contributed by atoms with Crippen molar-refractivity contribution in [2.75, 3.05) is 19.6 Å². The summed E-state index contributed by atoms with van der Waals surface area (Å²) in [6.07, 6.45) is 0.594. The van der Waals surface area contributed by atoms with Crippen LogP contribution in [0.1, 0.15) is 25.7 Å². The summed E-state index contributed by atoms with van der Waals surface area (Å²) < 4.78 is 25.5. The van der Waals surface area contributed by atoms with Crippen molar-refractivity contribution in [2.24, 2.45) is 5.73 Å². The van der Waals surface area contributed by atoms with Gasteiger partial charge >= 0.3 is 0 Å². The Bertz CT molecular complexity index is 199. The number of carbonyl (C=O) groups is 1. The van der Waals surface area contributed by atoms with E-state index < -0.39 is 5.92 Å². The van der Waals surface area contributed by atoms with Crippen LogP contribution in [0.25, 0.3) is 0 Å². The van der Waals surface area contributed by atoms with Crippen LogP contribution in [0.5, 0.6) is 0 Å². The molecular weight excluding hydrogens is 190 g/mol. The molecule has 14 heavy (non-hydrogen) atoms. The number of alkyl halides is 2. The minimum Gasteiger partial charge on any atom is -0.342 e. The van der Waals surface area contributed by atoms with E-state index in [0.717, 1.165) is 0 Å². The van der Waals surface area contributed by atoms with Crippen LogP contribution in [0.4, 0.5) is 8.78 Å². The van der Waals surface area contributed by atoms with Gasteiger partial charge in [-0.15, -0.1) is 0 Å². The van der Waals surface area contributed by atoms with Gasteiger partial charge in [0.15, 0.2) is 0 Å². The molecule has 1 heterocycles. The number of amides is 1. The predicted molar refractivity (Wildman–Crippen MR) is 49.0 cm³/mol. The number of hydrogen-bond acceptors (Lipinski definition) is 2. The van der Waals surface area contributed by atoms with Gasteiger partial charge in [0, 0.05) is 32.4 Å². The molecule has 0 saturated carbocycles. The molecule has 2 N–H and O–H groups in total. The minimum absolute atomic E-state index is 0.0500. The Morgan fingerprint density at radius 1 is 1.36 bits per heavy atom. The predicted octanol–water partition coefficient (Wildman–Crippen LogP) is 0.983.